The zero-order chi connectivity index (χ0) is 10.8. The van der Waals surface area contributed by atoms with Gasteiger partial charge >= 0.3 is 5.97 Å². The Morgan fingerprint density at radius 1 is 1.33 bits per heavy atom. The predicted molar refractivity (Wildman–Crippen MR) is 56.6 cm³/mol. The SMILES string of the molecule is COc1ccc2c(c1C(=O)O)CCCC2. The molecule has 3 heteroatoms. The monoisotopic (exact) mass is 206 g/mol. The van der Waals surface area contributed by atoms with Crippen LogP contribution in [0.25, 0.3) is 0 Å². The maximum Gasteiger partial charge on any atom is 0.339 e. The number of carbonyl (C=O) groups is 1. The number of fused-ring (bicyclic) bond motifs is 1. The van der Waals surface area contributed by atoms with E-state index in [-0.39, 0.29) is 0 Å². The van der Waals surface area contributed by atoms with Crippen molar-refractivity contribution in [2.24, 2.45) is 0 Å². The second-order valence-electron chi connectivity index (χ2n) is 3.79. The van der Waals surface area contributed by atoms with Crippen molar-refractivity contribution in [3.63, 3.8) is 0 Å². The minimum absolute atomic E-state index is 0.356. The largest absolute Gasteiger partial charge is 0.496 e. The molecule has 0 fully saturated rings. The summed E-state index contributed by atoms with van der Waals surface area (Å²) in [5.41, 5.74) is 2.49. The third kappa shape index (κ3) is 1.69. The molecule has 0 aliphatic heterocycles. The molecule has 0 spiro atoms. The van der Waals surface area contributed by atoms with E-state index in [1.54, 1.807) is 6.07 Å². The van der Waals surface area contributed by atoms with Gasteiger partial charge in [-0.2, -0.15) is 0 Å². The van der Waals surface area contributed by atoms with Crippen LogP contribution in [0.2, 0.25) is 0 Å². The van der Waals surface area contributed by atoms with Gasteiger partial charge in [-0.05, 0) is 42.9 Å². The molecule has 1 aromatic rings. The molecule has 0 amide bonds. The van der Waals surface area contributed by atoms with Crippen LogP contribution in [0.4, 0.5) is 0 Å². The Balaban J connectivity index is 2.59. The van der Waals surface area contributed by atoms with E-state index >= 15 is 0 Å². The minimum atomic E-state index is -0.884. The number of methoxy groups -OCH3 is 1. The molecule has 2 rings (SSSR count). The van der Waals surface area contributed by atoms with Crippen molar-refractivity contribution in [3.05, 3.63) is 28.8 Å². The maximum absolute atomic E-state index is 11.2. The van der Waals surface area contributed by atoms with Gasteiger partial charge in [0.05, 0.1) is 7.11 Å². The van der Waals surface area contributed by atoms with Gasteiger partial charge in [-0.25, -0.2) is 4.79 Å². The van der Waals surface area contributed by atoms with E-state index < -0.39 is 5.97 Å². The van der Waals surface area contributed by atoms with E-state index in [9.17, 15) is 9.90 Å². The van der Waals surface area contributed by atoms with Crippen LogP contribution < -0.4 is 4.74 Å². The molecule has 0 heterocycles. The van der Waals surface area contributed by atoms with E-state index in [1.165, 1.54) is 12.7 Å². The van der Waals surface area contributed by atoms with Gasteiger partial charge in [0.25, 0.3) is 0 Å². The molecule has 1 aliphatic rings. The first-order valence-electron chi connectivity index (χ1n) is 5.16. The highest BCUT2D eigenvalue weighted by Crippen LogP contribution is 2.30. The molecule has 0 saturated heterocycles. The molecule has 1 aliphatic carbocycles. The van der Waals surface area contributed by atoms with Crippen LogP contribution in [0.5, 0.6) is 5.75 Å². The fourth-order valence-electron chi connectivity index (χ4n) is 2.21. The van der Waals surface area contributed by atoms with Gasteiger partial charge in [0.1, 0.15) is 11.3 Å². The van der Waals surface area contributed by atoms with Crippen LogP contribution in [0.1, 0.15) is 34.3 Å². The molecule has 0 saturated carbocycles. The van der Waals surface area contributed by atoms with Gasteiger partial charge in [-0.3, -0.25) is 0 Å². The molecule has 0 aromatic heterocycles. The first kappa shape index (κ1) is 10.0. The number of hydrogen-bond acceptors (Lipinski definition) is 2. The minimum Gasteiger partial charge on any atom is -0.496 e. The lowest BCUT2D eigenvalue weighted by molar-refractivity contribution is 0.0691. The van der Waals surface area contributed by atoms with Gasteiger partial charge in [-0.15, -0.1) is 0 Å². The van der Waals surface area contributed by atoms with Crippen molar-refractivity contribution < 1.29 is 14.6 Å². The van der Waals surface area contributed by atoms with E-state index in [2.05, 4.69) is 0 Å². The summed E-state index contributed by atoms with van der Waals surface area (Å²) in [4.78, 5) is 11.2. The lowest BCUT2D eigenvalue weighted by Gasteiger charge is -2.19. The topological polar surface area (TPSA) is 46.5 Å². The van der Waals surface area contributed by atoms with Gasteiger partial charge in [-0.1, -0.05) is 6.07 Å². The van der Waals surface area contributed by atoms with Crippen LogP contribution in [-0.4, -0.2) is 18.2 Å². The Morgan fingerprint density at radius 2 is 2.07 bits per heavy atom. The molecule has 1 aromatic carbocycles. The molecule has 0 unspecified atom stereocenters. The number of carboxylic acid groups (broad SMARTS) is 1. The van der Waals surface area contributed by atoms with E-state index in [4.69, 9.17) is 4.74 Å². The van der Waals surface area contributed by atoms with Crippen LogP contribution in [-0.2, 0) is 12.8 Å². The summed E-state index contributed by atoms with van der Waals surface area (Å²) >= 11 is 0. The number of aryl methyl sites for hydroxylation is 1. The molecule has 80 valence electrons. The summed E-state index contributed by atoms with van der Waals surface area (Å²) in [6.07, 6.45) is 4.06. The third-order valence-corrected chi connectivity index (χ3v) is 2.93. The van der Waals surface area contributed by atoms with E-state index in [0.29, 0.717) is 11.3 Å². The van der Waals surface area contributed by atoms with Crippen LogP contribution in [0.15, 0.2) is 12.1 Å². The Labute approximate surface area is 88.7 Å². The van der Waals surface area contributed by atoms with Crippen molar-refractivity contribution in [2.45, 2.75) is 25.7 Å². The van der Waals surface area contributed by atoms with Crippen molar-refractivity contribution in [1.29, 1.82) is 0 Å². The van der Waals surface area contributed by atoms with Gasteiger partial charge in [0.2, 0.25) is 0 Å². The summed E-state index contributed by atoms with van der Waals surface area (Å²) in [6.45, 7) is 0. The van der Waals surface area contributed by atoms with Crippen molar-refractivity contribution in [1.82, 2.24) is 0 Å². The highest BCUT2D eigenvalue weighted by molar-refractivity contribution is 5.93. The fourth-order valence-corrected chi connectivity index (χ4v) is 2.21. The second kappa shape index (κ2) is 3.93. The lowest BCUT2D eigenvalue weighted by atomic mass is 9.88. The average molecular weight is 206 g/mol. The summed E-state index contributed by atoms with van der Waals surface area (Å²) in [5.74, 6) is -0.409. The standard InChI is InChI=1S/C12H14O3/c1-15-10-7-6-8-4-2-3-5-9(8)11(10)12(13)14/h6-7H,2-5H2,1H3,(H,13,14). The summed E-state index contributed by atoms with van der Waals surface area (Å²) in [6, 6.07) is 3.74. The quantitative estimate of drug-likeness (QED) is 0.807. The molecule has 0 atom stereocenters. The molecular formula is C12H14O3. The molecule has 0 bridgehead atoms. The van der Waals surface area contributed by atoms with Gasteiger partial charge in [0, 0.05) is 0 Å². The van der Waals surface area contributed by atoms with Crippen LogP contribution in [0.3, 0.4) is 0 Å². The summed E-state index contributed by atoms with van der Waals surface area (Å²) in [7, 11) is 1.51. The number of ether oxygens (including phenoxy) is 1. The van der Waals surface area contributed by atoms with Crippen LogP contribution >= 0.6 is 0 Å². The normalized spacial score (nSPS) is 14.5. The highest BCUT2D eigenvalue weighted by atomic mass is 16.5. The van der Waals surface area contributed by atoms with Gasteiger partial charge < -0.3 is 9.84 Å². The van der Waals surface area contributed by atoms with Crippen LogP contribution in [0, 0.1) is 0 Å². The fraction of sp³-hybridized carbons (Fsp3) is 0.417. The number of hydrogen-bond donors (Lipinski definition) is 1. The molecule has 15 heavy (non-hydrogen) atoms. The maximum atomic E-state index is 11.2. The first-order chi connectivity index (χ1) is 7.24. The number of aromatic carboxylic acids is 1. The van der Waals surface area contributed by atoms with E-state index in [0.717, 1.165) is 31.2 Å². The highest BCUT2D eigenvalue weighted by Gasteiger charge is 2.21. The van der Waals surface area contributed by atoms with Gasteiger partial charge in [0.15, 0.2) is 0 Å². The summed E-state index contributed by atoms with van der Waals surface area (Å²) < 4.78 is 5.09. The molecule has 0 radical (unpaired) electrons. The summed E-state index contributed by atoms with van der Waals surface area (Å²) in [5, 5.41) is 9.17. The Hall–Kier alpha value is -1.51. The van der Waals surface area contributed by atoms with Crippen molar-refractivity contribution in [3.8, 4) is 5.75 Å². The number of benzene rings is 1. The number of rotatable bonds is 2. The smallest absolute Gasteiger partial charge is 0.339 e. The first-order valence-corrected chi connectivity index (χ1v) is 5.16. The molecular weight excluding hydrogens is 192 g/mol. The molecule has 1 N–H and O–H groups in total. The Kier molecular flexibility index (Phi) is 2.62. The third-order valence-electron chi connectivity index (χ3n) is 2.93. The Morgan fingerprint density at radius 3 is 2.73 bits per heavy atom. The average Bonchev–Trinajstić information content (AvgIpc) is 2.27. The zero-order valence-electron chi connectivity index (χ0n) is 8.75. The zero-order valence-corrected chi connectivity index (χ0v) is 8.75. The second-order valence-corrected chi connectivity index (χ2v) is 3.79. The lowest BCUT2D eigenvalue weighted by Crippen LogP contribution is -2.11. The molecule has 3 nitrogen and oxygen atoms in total. The predicted octanol–water partition coefficient (Wildman–Crippen LogP) is 2.27. The van der Waals surface area contributed by atoms with Crippen molar-refractivity contribution in [2.75, 3.05) is 7.11 Å². The number of carboxylic acids is 1. The Bertz CT molecular complexity index is 396. The van der Waals surface area contributed by atoms with Crippen molar-refractivity contribution >= 4 is 5.97 Å². The van der Waals surface area contributed by atoms with E-state index in [1.807, 2.05) is 6.07 Å².